The summed E-state index contributed by atoms with van der Waals surface area (Å²) in [6.07, 6.45) is 3.79. The summed E-state index contributed by atoms with van der Waals surface area (Å²) in [6.45, 7) is 0. The van der Waals surface area contributed by atoms with E-state index in [1.807, 2.05) is 36.4 Å². The van der Waals surface area contributed by atoms with Gasteiger partial charge < -0.3 is 0 Å². The van der Waals surface area contributed by atoms with Crippen LogP contribution in [0.2, 0.25) is 5.02 Å². The van der Waals surface area contributed by atoms with Gasteiger partial charge in [-0.3, -0.25) is 4.98 Å². The molecule has 1 aromatic heterocycles. The topological polar surface area (TPSA) is 12.9 Å². The van der Waals surface area contributed by atoms with Crippen LogP contribution in [0.15, 0.2) is 36.5 Å². The first-order chi connectivity index (χ1) is 8.66. The second-order valence-electron chi connectivity index (χ2n) is 4.06. The number of nitrogens with zero attached hydrogens (tertiary/aromatic N) is 1. The zero-order valence-electron chi connectivity index (χ0n) is 9.20. The Balaban J connectivity index is 2.31. The molecule has 0 amide bonds. The van der Waals surface area contributed by atoms with Gasteiger partial charge in [0, 0.05) is 15.7 Å². The maximum Gasteiger partial charge on any atom is 0.102 e. The summed E-state index contributed by atoms with van der Waals surface area (Å²) >= 11 is 16.2. The predicted octanol–water partition coefficient (Wildman–Crippen LogP) is 5.27. The van der Waals surface area contributed by atoms with Gasteiger partial charge in [0.05, 0.1) is 5.69 Å². The van der Waals surface area contributed by atoms with Crippen LogP contribution in [0.5, 0.6) is 0 Å². The molecule has 0 fully saturated rings. The third kappa shape index (κ3) is 1.99. The summed E-state index contributed by atoms with van der Waals surface area (Å²) in [5.74, 6) is 0. The van der Waals surface area contributed by atoms with Crippen molar-refractivity contribution in [3.05, 3.63) is 63.9 Å². The van der Waals surface area contributed by atoms with Gasteiger partial charge in [0.1, 0.15) is 5.38 Å². The van der Waals surface area contributed by atoms with Gasteiger partial charge in [0.15, 0.2) is 0 Å². The smallest absolute Gasteiger partial charge is 0.102 e. The molecule has 2 aromatic rings. The Kier molecular flexibility index (Phi) is 3.18. The second kappa shape index (κ2) is 4.69. The molecule has 90 valence electrons. The van der Waals surface area contributed by atoms with Crippen LogP contribution in [-0.2, 0) is 0 Å². The Morgan fingerprint density at radius 3 is 2.89 bits per heavy atom. The van der Waals surface area contributed by atoms with Gasteiger partial charge in [-0.15, -0.1) is 11.6 Å². The predicted molar refractivity (Wildman–Crippen MR) is 80.2 cm³/mol. The molecular formula is C14H8BrCl2N. The highest BCUT2D eigenvalue weighted by Gasteiger charge is 2.23. The third-order valence-electron chi connectivity index (χ3n) is 2.94. The Labute approximate surface area is 124 Å². The minimum absolute atomic E-state index is 0.264. The maximum atomic E-state index is 6.54. The number of alkyl halides is 1. The molecule has 0 aliphatic heterocycles. The molecule has 0 bridgehead atoms. The van der Waals surface area contributed by atoms with Gasteiger partial charge >= 0.3 is 0 Å². The lowest BCUT2D eigenvalue weighted by molar-refractivity contribution is 1.03. The molecule has 4 heteroatoms. The minimum atomic E-state index is -0.264. The van der Waals surface area contributed by atoms with Crippen LogP contribution in [0, 0.1) is 0 Å². The molecule has 0 saturated carbocycles. The molecule has 1 aromatic carbocycles. The number of aromatic nitrogens is 1. The lowest BCUT2D eigenvalue weighted by Gasteiger charge is -2.12. The first kappa shape index (κ1) is 12.2. The van der Waals surface area contributed by atoms with Crippen LogP contribution < -0.4 is 0 Å². The summed E-state index contributed by atoms with van der Waals surface area (Å²) in [5, 5.41) is 0.432. The van der Waals surface area contributed by atoms with Gasteiger partial charge in [-0.25, -0.2) is 0 Å². The average Bonchev–Trinajstić information content (AvgIpc) is 2.47. The minimum Gasteiger partial charge on any atom is -0.259 e. The van der Waals surface area contributed by atoms with Gasteiger partial charge in [-0.1, -0.05) is 39.7 Å². The van der Waals surface area contributed by atoms with Crippen molar-refractivity contribution in [1.82, 2.24) is 4.98 Å². The Hall–Kier alpha value is -0.830. The average molecular weight is 341 g/mol. The molecule has 3 rings (SSSR count). The SMILES string of the molecule is Clc1ccc2c(c1)C(Br)=Cc1cccnc1C2Cl. The summed E-state index contributed by atoms with van der Waals surface area (Å²) in [4.78, 5) is 4.39. The van der Waals surface area contributed by atoms with Crippen LogP contribution in [0.1, 0.15) is 27.8 Å². The van der Waals surface area contributed by atoms with Crippen LogP contribution in [0.3, 0.4) is 0 Å². The number of fused-ring (bicyclic) bond motifs is 2. The number of hydrogen-bond donors (Lipinski definition) is 0. The van der Waals surface area contributed by atoms with E-state index in [4.69, 9.17) is 23.2 Å². The zero-order chi connectivity index (χ0) is 12.7. The van der Waals surface area contributed by atoms with Crippen LogP contribution >= 0.6 is 39.1 Å². The van der Waals surface area contributed by atoms with Crippen molar-refractivity contribution >= 4 is 49.7 Å². The molecule has 1 unspecified atom stereocenters. The summed E-state index contributed by atoms with van der Waals surface area (Å²) < 4.78 is 0.970. The lowest BCUT2D eigenvalue weighted by atomic mass is 10.0. The molecule has 0 radical (unpaired) electrons. The molecule has 1 nitrogen and oxygen atoms in total. The number of halogens is 3. The highest BCUT2D eigenvalue weighted by atomic mass is 79.9. The summed E-state index contributed by atoms with van der Waals surface area (Å²) in [7, 11) is 0. The number of pyridine rings is 1. The van der Waals surface area contributed by atoms with E-state index in [0.29, 0.717) is 5.02 Å². The van der Waals surface area contributed by atoms with Crippen molar-refractivity contribution in [2.75, 3.05) is 0 Å². The van der Waals surface area contributed by atoms with E-state index in [-0.39, 0.29) is 5.38 Å². The van der Waals surface area contributed by atoms with Gasteiger partial charge in [-0.2, -0.15) is 0 Å². The first-order valence-corrected chi connectivity index (χ1v) is 7.03. The van der Waals surface area contributed by atoms with Crippen LogP contribution in [0.4, 0.5) is 0 Å². The third-order valence-corrected chi connectivity index (χ3v) is 4.27. The molecule has 18 heavy (non-hydrogen) atoms. The van der Waals surface area contributed by atoms with E-state index < -0.39 is 0 Å². The molecule has 0 spiro atoms. The Morgan fingerprint density at radius 2 is 2.06 bits per heavy atom. The van der Waals surface area contributed by atoms with Gasteiger partial charge in [0.25, 0.3) is 0 Å². The Morgan fingerprint density at radius 1 is 1.22 bits per heavy atom. The van der Waals surface area contributed by atoms with E-state index in [0.717, 1.165) is 26.9 Å². The molecule has 0 saturated heterocycles. The van der Waals surface area contributed by atoms with Crippen molar-refractivity contribution in [2.45, 2.75) is 5.38 Å². The van der Waals surface area contributed by atoms with Crippen molar-refractivity contribution in [1.29, 1.82) is 0 Å². The van der Waals surface area contributed by atoms with E-state index in [1.165, 1.54) is 0 Å². The van der Waals surface area contributed by atoms with Crippen molar-refractivity contribution < 1.29 is 0 Å². The fourth-order valence-corrected chi connectivity index (χ4v) is 3.22. The quantitative estimate of drug-likeness (QED) is 0.595. The maximum absolute atomic E-state index is 6.54. The van der Waals surface area contributed by atoms with Crippen molar-refractivity contribution in [3.8, 4) is 0 Å². The summed E-state index contributed by atoms with van der Waals surface area (Å²) in [5.41, 5.74) is 3.93. The molecule has 0 N–H and O–H groups in total. The van der Waals surface area contributed by atoms with Gasteiger partial charge in [0.2, 0.25) is 0 Å². The van der Waals surface area contributed by atoms with E-state index in [9.17, 15) is 0 Å². The number of rotatable bonds is 0. The van der Waals surface area contributed by atoms with E-state index in [2.05, 4.69) is 20.9 Å². The van der Waals surface area contributed by atoms with Crippen LogP contribution in [-0.4, -0.2) is 4.98 Å². The van der Waals surface area contributed by atoms with Gasteiger partial charge in [-0.05, 0) is 41.0 Å². The molecule has 1 heterocycles. The highest BCUT2D eigenvalue weighted by molar-refractivity contribution is 9.15. The standard InChI is InChI=1S/C14H8BrCl2N/c15-12-6-8-2-1-5-18-14(8)13(17)10-4-3-9(16)7-11(10)12/h1-7,13H. The monoisotopic (exact) mass is 339 g/mol. The first-order valence-electron chi connectivity index (χ1n) is 5.43. The van der Waals surface area contributed by atoms with E-state index in [1.54, 1.807) is 6.20 Å². The largest absolute Gasteiger partial charge is 0.259 e. The number of hydrogen-bond acceptors (Lipinski definition) is 1. The fraction of sp³-hybridized carbons (Fsp3) is 0.0714. The summed E-state index contributed by atoms with van der Waals surface area (Å²) in [6, 6.07) is 9.63. The molecule has 1 aliphatic carbocycles. The second-order valence-corrected chi connectivity index (χ2v) is 5.79. The molecule has 1 aliphatic rings. The van der Waals surface area contributed by atoms with E-state index >= 15 is 0 Å². The normalized spacial score (nSPS) is 17.5. The number of benzene rings is 1. The van der Waals surface area contributed by atoms with Crippen LogP contribution in [0.25, 0.3) is 10.6 Å². The van der Waals surface area contributed by atoms with Crippen molar-refractivity contribution in [2.24, 2.45) is 0 Å². The zero-order valence-corrected chi connectivity index (χ0v) is 12.3. The molecular weight excluding hydrogens is 333 g/mol. The highest BCUT2D eigenvalue weighted by Crippen LogP contribution is 2.41. The fourth-order valence-electron chi connectivity index (χ4n) is 2.08. The van der Waals surface area contributed by atoms with Crippen molar-refractivity contribution in [3.63, 3.8) is 0 Å². The lowest BCUT2D eigenvalue weighted by Crippen LogP contribution is -1.99. The molecule has 1 atom stereocenters. The Bertz CT molecular complexity index is 652.